The number of carbonyl (C=O) groups excluding carboxylic acids is 2. The first-order valence-corrected chi connectivity index (χ1v) is 10.9. The van der Waals surface area contributed by atoms with Crippen LogP contribution >= 0.6 is 11.6 Å². The van der Waals surface area contributed by atoms with Gasteiger partial charge in [0.2, 0.25) is 0 Å². The van der Waals surface area contributed by atoms with Crippen molar-refractivity contribution in [2.24, 2.45) is 0 Å². The fraction of sp³-hybridized carbons (Fsp3) is 0.304. The molecule has 0 fully saturated rings. The Morgan fingerprint density at radius 1 is 1.21 bits per heavy atom. The van der Waals surface area contributed by atoms with Gasteiger partial charge in [-0.1, -0.05) is 11.6 Å². The lowest BCUT2D eigenvalue weighted by Crippen LogP contribution is -2.26. The van der Waals surface area contributed by atoms with Crippen LogP contribution in [-0.4, -0.2) is 45.9 Å². The molecular formula is C23H21ClF2N4O4. The maximum absolute atomic E-state index is 12.8. The minimum absolute atomic E-state index is 0.0295. The summed E-state index contributed by atoms with van der Waals surface area (Å²) in [6, 6.07) is 5.74. The van der Waals surface area contributed by atoms with Crippen molar-refractivity contribution < 1.29 is 27.5 Å². The minimum Gasteiger partial charge on any atom is -0.458 e. The van der Waals surface area contributed by atoms with E-state index in [9.17, 15) is 18.4 Å². The lowest BCUT2D eigenvalue weighted by atomic mass is 10.1. The Bertz CT molecular complexity index is 1330. The van der Waals surface area contributed by atoms with Crippen molar-refractivity contribution in [3.8, 4) is 0 Å². The van der Waals surface area contributed by atoms with Crippen molar-refractivity contribution in [3.05, 3.63) is 64.8 Å². The number of halogens is 3. The standard InChI is InChI=1S/C23H21ClF2N4O4/c1-13(29-22(31)18-12-28-30-8-2-7-27-21(18)30)19-10-14-9-15(24)11-17(20(14)34-19)23(32)33-16(3-5-25)4-6-26/h2,7-13,16H,3-6H2,1H3,(H,29,31)/t13-/m0/s1. The van der Waals surface area contributed by atoms with Gasteiger partial charge in [-0.15, -0.1) is 0 Å². The predicted octanol–water partition coefficient (Wildman–Crippen LogP) is 4.86. The molecule has 1 N–H and O–H groups in total. The number of furan rings is 1. The predicted molar refractivity (Wildman–Crippen MR) is 120 cm³/mol. The third-order valence-corrected chi connectivity index (χ3v) is 5.47. The molecule has 1 aromatic carbocycles. The molecule has 34 heavy (non-hydrogen) atoms. The first kappa shape index (κ1) is 23.6. The van der Waals surface area contributed by atoms with Crippen LogP contribution in [0, 0.1) is 0 Å². The molecule has 3 heterocycles. The molecule has 178 valence electrons. The zero-order valence-corrected chi connectivity index (χ0v) is 18.9. The van der Waals surface area contributed by atoms with E-state index in [4.69, 9.17) is 20.8 Å². The summed E-state index contributed by atoms with van der Waals surface area (Å²) in [6.45, 7) is 0.230. The highest BCUT2D eigenvalue weighted by Crippen LogP contribution is 2.31. The van der Waals surface area contributed by atoms with E-state index in [1.807, 2.05) is 0 Å². The summed E-state index contributed by atoms with van der Waals surface area (Å²) in [6.07, 6.45) is 3.55. The van der Waals surface area contributed by atoms with Gasteiger partial charge in [-0.05, 0) is 31.2 Å². The quantitative estimate of drug-likeness (QED) is 0.336. The second-order valence-electron chi connectivity index (χ2n) is 7.64. The van der Waals surface area contributed by atoms with Crippen molar-refractivity contribution in [3.63, 3.8) is 0 Å². The molecule has 1 amide bonds. The molecule has 0 spiro atoms. The molecule has 0 radical (unpaired) electrons. The number of nitrogens with zero attached hydrogens (tertiary/aromatic N) is 3. The van der Waals surface area contributed by atoms with Crippen molar-refractivity contribution in [2.45, 2.75) is 31.9 Å². The number of aromatic nitrogens is 3. The van der Waals surface area contributed by atoms with E-state index in [1.165, 1.54) is 16.8 Å². The Hall–Kier alpha value is -3.53. The normalized spacial score (nSPS) is 12.4. The van der Waals surface area contributed by atoms with E-state index in [0.29, 0.717) is 22.4 Å². The second kappa shape index (κ2) is 10.2. The Kier molecular flexibility index (Phi) is 7.06. The molecule has 0 aliphatic rings. The number of esters is 1. The van der Waals surface area contributed by atoms with Crippen LogP contribution in [0.3, 0.4) is 0 Å². The van der Waals surface area contributed by atoms with E-state index in [2.05, 4.69) is 15.4 Å². The fourth-order valence-electron chi connectivity index (χ4n) is 3.55. The molecule has 4 aromatic rings. The fourth-order valence-corrected chi connectivity index (χ4v) is 3.78. The molecule has 4 rings (SSSR count). The van der Waals surface area contributed by atoms with Gasteiger partial charge in [-0.2, -0.15) is 5.10 Å². The number of benzene rings is 1. The third-order valence-electron chi connectivity index (χ3n) is 5.25. The average Bonchev–Trinajstić information content (AvgIpc) is 3.43. The molecule has 0 saturated heterocycles. The number of amides is 1. The number of alkyl halides is 2. The van der Waals surface area contributed by atoms with Gasteiger partial charge in [0.25, 0.3) is 5.91 Å². The van der Waals surface area contributed by atoms with Crippen LogP contribution in [0.25, 0.3) is 16.6 Å². The number of hydrogen-bond acceptors (Lipinski definition) is 6. The minimum atomic E-state index is -0.899. The van der Waals surface area contributed by atoms with Gasteiger partial charge < -0.3 is 14.5 Å². The van der Waals surface area contributed by atoms with Crippen LogP contribution in [0.1, 0.15) is 52.3 Å². The Labute approximate surface area is 197 Å². The lowest BCUT2D eigenvalue weighted by Gasteiger charge is -2.15. The smallest absolute Gasteiger partial charge is 0.342 e. The molecule has 3 aromatic heterocycles. The zero-order chi connectivity index (χ0) is 24.2. The highest BCUT2D eigenvalue weighted by Gasteiger charge is 2.24. The van der Waals surface area contributed by atoms with E-state index in [0.717, 1.165) is 0 Å². The van der Waals surface area contributed by atoms with Gasteiger partial charge >= 0.3 is 5.97 Å². The van der Waals surface area contributed by atoms with Gasteiger partial charge in [0, 0.05) is 35.6 Å². The molecule has 0 unspecified atom stereocenters. The Morgan fingerprint density at radius 2 is 1.97 bits per heavy atom. The molecule has 0 aliphatic heterocycles. The van der Waals surface area contributed by atoms with E-state index < -0.39 is 37.4 Å². The number of nitrogens with one attached hydrogen (secondary N) is 1. The topological polar surface area (TPSA) is 98.7 Å². The van der Waals surface area contributed by atoms with E-state index in [1.54, 1.807) is 37.5 Å². The molecule has 11 heteroatoms. The number of carbonyl (C=O) groups is 2. The van der Waals surface area contributed by atoms with Crippen molar-refractivity contribution in [2.75, 3.05) is 13.3 Å². The molecule has 0 aliphatic carbocycles. The summed E-state index contributed by atoms with van der Waals surface area (Å²) >= 11 is 6.17. The van der Waals surface area contributed by atoms with Crippen LogP contribution in [-0.2, 0) is 4.74 Å². The summed E-state index contributed by atoms with van der Waals surface area (Å²) in [5, 5.41) is 7.70. The van der Waals surface area contributed by atoms with E-state index >= 15 is 0 Å². The largest absolute Gasteiger partial charge is 0.458 e. The first-order chi connectivity index (χ1) is 16.4. The van der Waals surface area contributed by atoms with Crippen LogP contribution in [0.4, 0.5) is 8.78 Å². The summed E-state index contributed by atoms with van der Waals surface area (Å²) in [5.41, 5.74) is 0.927. The van der Waals surface area contributed by atoms with Crippen LogP contribution in [0.15, 0.2) is 47.3 Å². The SMILES string of the molecule is C[C@H](NC(=O)c1cnn2cccnc12)c1cc2cc(Cl)cc(C(=O)OC(CCF)CCF)c2o1. The van der Waals surface area contributed by atoms with Crippen LogP contribution in [0.5, 0.6) is 0 Å². The molecular weight excluding hydrogens is 470 g/mol. The van der Waals surface area contributed by atoms with Gasteiger partial charge in [-0.25, -0.2) is 14.3 Å². The van der Waals surface area contributed by atoms with Crippen LogP contribution in [0.2, 0.25) is 5.02 Å². The van der Waals surface area contributed by atoms with Gasteiger partial charge in [0.1, 0.15) is 28.6 Å². The average molecular weight is 491 g/mol. The Morgan fingerprint density at radius 3 is 2.71 bits per heavy atom. The van der Waals surface area contributed by atoms with Crippen LogP contribution < -0.4 is 5.32 Å². The molecule has 8 nitrogen and oxygen atoms in total. The molecule has 0 bridgehead atoms. The highest BCUT2D eigenvalue weighted by atomic mass is 35.5. The zero-order valence-electron chi connectivity index (χ0n) is 18.1. The van der Waals surface area contributed by atoms with Gasteiger partial charge in [-0.3, -0.25) is 13.6 Å². The summed E-state index contributed by atoms with van der Waals surface area (Å²) in [4.78, 5) is 29.7. The Balaban J connectivity index is 1.58. The number of hydrogen-bond donors (Lipinski definition) is 1. The summed E-state index contributed by atoms with van der Waals surface area (Å²) < 4.78 is 38.1. The van der Waals surface area contributed by atoms with E-state index in [-0.39, 0.29) is 29.0 Å². The second-order valence-corrected chi connectivity index (χ2v) is 8.08. The highest BCUT2D eigenvalue weighted by molar-refractivity contribution is 6.32. The summed E-state index contributed by atoms with van der Waals surface area (Å²) in [7, 11) is 0. The summed E-state index contributed by atoms with van der Waals surface area (Å²) in [5.74, 6) is -0.831. The van der Waals surface area contributed by atoms with Crippen molar-refractivity contribution >= 4 is 40.1 Å². The first-order valence-electron chi connectivity index (χ1n) is 10.6. The number of ether oxygens (including phenoxy) is 1. The van der Waals surface area contributed by atoms with Crippen molar-refractivity contribution in [1.82, 2.24) is 19.9 Å². The number of fused-ring (bicyclic) bond motifs is 2. The number of rotatable bonds is 9. The third kappa shape index (κ3) is 4.86. The van der Waals surface area contributed by atoms with Gasteiger partial charge in [0.05, 0.1) is 25.6 Å². The van der Waals surface area contributed by atoms with Gasteiger partial charge in [0.15, 0.2) is 5.65 Å². The van der Waals surface area contributed by atoms with Crippen molar-refractivity contribution in [1.29, 1.82) is 0 Å². The maximum Gasteiger partial charge on any atom is 0.342 e. The maximum atomic E-state index is 12.8. The molecule has 0 saturated carbocycles. The lowest BCUT2D eigenvalue weighted by molar-refractivity contribution is 0.0233. The monoisotopic (exact) mass is 490 g/mol. The molecule has 1 atom stereocenters.